The van der Waals surface area contributed by atoms with Gasteiger partial charge in [-0.2, -0.15) is 0 Å². The summed E-state index contributed by atoms with van der Waals surface area (Å²) >= 11 is 1.77. The molecule has 0 saturated heterocycles. The molecular formula is C16H19NO2S. The van der Waals surface area contributed by atoms with Crippen molar-refractivity contribution in [2.75, 3.05) is 19.8 Å². The lowest BCUT2D eigenvalue weighted by atomic mass is 10.0. The van der Waals surface area contributed by atoms with Gasteiger partial charge in [-0.05, 0) is 35.7 Å². The molecule has 0 bridgehead atoms. The van der Waals surface area contributed by atoms with E-state index in [1.54, 1.807) is 11.3 Å². The summed E-state index contributed by atoms with van der Waals surface area (Å²) in [5.41, 5.74) is 1.22. The molecule has 1 aliphatic heterocycles. The fourth-order valence-corrected chi connectivity index (χ4v) is 3.23. The highest BCUT2D eigenvalue weighted by atomic mass is 32.1. The topological polar surface area (TPSA) is 30.5 Å². The quantitative estimate of drug-likeness (QED) is 0.932. The van der Waals surface area contributed by atoms with Gasteiger partial charge in [0.25, 0.3) is 0 Å². The average Bonchev–Trinajstić information content (AvgIpc) is 2.89. The molecule has 2 aromatic rings. The van der Waals surface area contributed by atoms with Crippen molar-refractivity contribution in [1.82, 2.24) is 5.32 Å². The molecule has 1 atom stereocenters. The van der Waals surface area contributed by atoms with Crippen molar-refractivity contribution in [1.29, 1.82) is 0 Å². The number of benzene rings is 1. The molecule has 1 aromatic heterocycles. The number of ether oxygens (including phenoxy) is 2. The van der Waals surface area contributed by atoms with Gasteiger partial charge in [0.15, 0.2) is 11.5 Å². The van der Waals surface area contributed by atoms with Gasteiger partial charge in [-0.25, -0.2) is 0 Å². The van der Waals surface area contributed by atoms with Gasteiger partial charge in [-0.3, -0.25) is 0 Å². The van der Waals surface area contributed by atoms with E-state index >= 15 is 0 Å². The number of fused-ring (bicyclic) bond motifs is 1. The molecule has 0 amide bonds. The molecule has 4 heteroatoms. The Balaban J connectivity index is 1.93. The normalized spacial score (nSPS) is 15.7. The van der Waals surface area contributed by atoms with Gasteiger partial charge >= 0.3 is 0 Å². The van der Waals surface area contributed by atoms with Crippen LogP contribution in [0.3, 0.4) is 0 Å². The summed E-state index contributed by atoms with van der Waals surface area (Å²) < 4.78 is 11.5. The number of thiophene rings is 1. The van der Waals surface area contributed by atoms with Crippen LogP contribution in [0.15, 0.2) is 35.7 Å². The highest BCUT2D eigenvalue weighted by Crippen LogP contribution is 2.35. The molecule has 2 heterocycles. The van der Waals surface area contributed by atoms with E-state index in [1.165, 1.54) is 10.4 Å². The van der Waals surface area contributed by atoms with Gasteiger partial charge < -0.3 is 14.8 Å². The van der Waals surface area contributed by atoms with Gasteiger partial charge in [0.2, 0.25) is 0 Å². The lowest BCUT2D eigenvalue weighted by Crippen LogP contribution is -2.21. The Labute approximate surface area is 123 Å². The smallest absolute Gasteiger partial charge is 0.161 e. The van der Waals surface area contributed by atoms with Crippen molar-refractivity contribution in [3.05, 3.63) is 46.2 Å². The summed E-state index contributed by atoms with van der Waals surface area (Å²) in [6, 6.07) is 10.7. The van der Waals surface area contributed by atoms with Crippen LogP contribution in [0.4, 0.5) is 0 Å². The van der Waals surface area contributed by atoms with Crippen LogP contribution in [0.1, 0.15) is 29.8 Å². The van der Waals surface area contributed by atoms with Crippen LogP contribution in [0.25, 0.3) is 0 Å². The molecule has 0 aliphatic carbocycles. The van der Waals surface area contributed by atoms with Crippen molar-refractivity contribution in [3.63, 3.8) is 0 Å². The lowest BCUT2D eigenvalue weighted by molar-refractivity contribution is 0.297. The summed E-state index contributed by atoms with van der Waals surface area (Å²) in [4.78, 5) is 1.32. The van der Waals surface area contributed by atoms with Crippen molar-refractivity contribution >= 4 is 11.3 Å². The van der Waals surface area contributed by atoms with Crippen LogP contribution in [-0.2, 0) is 0 Å². The van der Waals surface area contributed by atoms with E-state index in [9.17, 15) is 0 Å². The molecule has 3 rings (SSSR count). The largest absolute Gasteiger partial charge is 0.490 e. The first kappa shape index (κ1) is 13.5. The van der Waals surface area contributed by atoms with Crippen LogP contribution in [0.2, 0.25) is 0 Å². The van der Waals surface area contributed by atoms with Gasteiger partial charge in [0.1, 0.15) is 0 Å². The maximum atomic E-state index is 5.79. The second-order valence-corrected chi connectivity index (χ2v) is 5.74. The molecule has 1 aromatic carbocycles. The fourth-order valence-electron chi connectivity index (χ4n) is 2.40. The van der Waals surface area contributed by atoms with E-state index in [4.69, 9.17) is 9.47 Å². The fraction of sp³-hybridized carbons (Fsp3) is 0.375. The minimum atomic E-state index is 0.220. The van der Waals surface area contributed by atoms with E-state index in [-0.39, 0.29) is 6.04 Å². The molecule has 0 saturated carbocycles. The second kappa shape index (κ2) is 6.29. The van der Waals surface area contributed by atoms with Gasteiger partial charge in [0.05, 0.1) is 19.3 Å². The molecule has 1 unspecified atom stereocenters. The number of rotatable bonds is 4. The summed E-state index contributed by atoms with van der Waals surface area (Å²) in [6.07, 6.45) is 0.936. The zero-order valence-corrected chi connectivity index (χ0v) is 12.4. The van der Waals surface area contributed by atoms with Crippen LogP contribution in [-0.4, -0.2) is 19.8 Å². The first-order chi connectivity index (χ1) is 9.88. The van der Waals surface area contributed by atoms with E-state index in [0.29, 0.717) is 0 Å². The zero-order valence-electron chi connectivity index (χ0n) is 11.6. The predicted octanol–water partition coefficient (Wildman–Crippen LogP) is 3.61. The third kappa shape index (κ3) is 2.81. The maximum Gasteiger partial charge on any atom is 0.161 e. The predicted molar refractivity (Wildman–Crippen MR) is 81.9 cm³/mol. The summed E-state index contributed by atoms with van der Waals surface area (Å²) in [7, 11) is 0. The highest BCUT2D eigenvalue weighted by Gasteiger charge is 2.17. The Morgan fingerprint density at radius 3 is 2.80 bits per heavy atom. The summed E-state index contributed by atoms with van der Waals surface area (Å²) in [6.45, 7) is 4.51. The SMILES string of the molecule is CCNC(c1ccc2c(c1)OCCCO2)c1cccs1. The Morgan fingerprint density at radius 1 is 1.20 bits per heavy atom. The third-order valence-electron chi connectivity index (χ3n) is 3.34. The van der Waals surface area contributed by atoms with Crippen LogP contribution < -0.4 is 14.8 Å². The number of nitrogens with one attached hydrogen (secondary N) is 1. The number of hydrogen-bond acceptors (Lipinski definition) is 4. The molecule has 20 heavy (non-hydrogen) atoms. The van der Waals surface area contributed by atoms with Gasteiger partial charge in [0, 0.05) is 11.3 Å². The molecule has 106 valence electrons. The Hall–Kier alpha value is -1.52. The van der Waals surface area contributed by atoms with Crippen molar-refractivity contribution in [3.8, 4) is 11.5 Å². The van der Waals surface area contributed by atoms with E-state index < -0.39 is 0 Å². The van der Waals surface area contributed by atoms with Crippen LogP contribution in [0, 0.1) is 0 Å². The molecular weight excluding hydrogens is 270 g/mol. The van der Waals surface area contributed by atoms with Gasteiger partial charge in [-0.15, -0.1) is 11.3 Å². The van der Waals surface area contributed by atoms with Crippen molar-refractivity contribution in [2.24, 2.45) is 0 Å². The van der Waals surface area contributed by atoms with Crippen molar-refractivity contribution in [2.45, 2.75) is 19.4 Å². The maximum absolute atomic E-state index is 5.79. The van der Waals surface area contributed by atoms with E-state index in [1.807, 2.05) is 6.07 Å². The van der Waals surface area contributed by atoms with Crippen LogP contribution >= 0.6 is 11.3 Å². The Bertz CT molecular complexity index is 554. The monoisotopic (exact) mass is 289 g/mol. The Morgan fingerprint density at radius 2 is 2.05 bits per heavy atom. The summed E-state index contributed by atoms with van der Waals surface area (Å²) in [5, 5.41) is 5.65. The first-order valence-electron chi connectivity index (χ1n) is 7.05. The molecule has 0 radical (unpaired) electrons. The zero-order chi connectivity index (χ0) is 13.8. The van der Waals surface area contributed by atoms with E-state index in [0.717, 1.165) is 37.7 Å². The first-order valence-corrected chi connectivity index (χ1v) is 7.93. The molecule has 0 spiro atoms. The third-order valence-corrected chi connectivity index (χ3v) is 4.28. The lowest BCUT2D eigenvalue weighted by Gasteiger charge is -2.18. The molecule has 1 aliphatic rings. The Kier molecular flexibility index (Phi) is 4.23. The minimum absolute atomic E-state index is 0.220. The van der Waals surface area contributed by atoms with Crippen LogP contribution in [0.5, 0.6) is 11.5 Å². The summed E-state index contributed by atoms with van der Waals surface area (Å²) in [5.74, 6) is 1.71. The van der Waals surface area contributed by atoms with Gasteiger partial charge in [-0.1, -0.05) is 19.1 Å². The average molecular weight is 289 g/mol. The minimum Gasteiger partial charge on any atom is -0.490 e. The second-order valence-electron chi connectivity index (χ2n) is 4.76. The number of hydrogen-bond donors (Lipinski definition) is 1. The van der Waals surface area contributed by atoms with Crippen molar-refractivity contribution < 1.29 is 9.47 Å². The molecule has 1 N–H and O–H groups in total. The highest BCUT2D eigenvalue weighted by molar-refractivity contribution is 7.10. The van der Waals surface area contributed by atoms with E-state index in [2.05, 4.69) is 41.9 Å². The molecule has 0 fully saturated rings. The molecule has 3 nitrogen and oxygen atoms in total. The standard InChI is InChI=1S/C16H19NO2S/c1-2-17-16(15-5-3-10-20-15)12-6-7-13-14(11-12)19-9-4-8-18-13/h3,5-7,10-11,16-17H,2,4,8-9H2,1H3.